The number of unbranched alkanes of at least 4 members (excludes halogenated alkanes) is 1. The zero-order valence-electron chi connectivity index (χ0n) is 21.7. The first-order valence-corrected chi connectivity index (χ1v) is 12.9. The van der Waals surface area contributed by atoms with Gasteiger partial charge in [0.05, 0.1) is 25.7 Å². The lowest BCUT2D eigenvalue weighted by Crippen LogP contribution is -2.48. The lowest BCUT2D eigenvalue weighted by atomic mass is 9.98. The summed E-state index contributed by atoms with van der Waals surface area (Å²) in [7, 11) is 0. The number of ketones is 1. The van der Waals surface area contributed by atoms with E-state index in [9.17, 15) is 14.4 Å². The van der Waals surface area contributed by atoms with Crippen LogP contribution in [0.15, 0.2) is 74.2 Å². The monoisotopic (exact) mass is 520 g/mol. The molecule has 3 rings (SSSR count). The van der Waals surface area contributed by atoms with E-state index in [-0.39, 0.29) is 31.1 Å². The Kier molecular flexibility index (Phi) is 11.4. The number of amides is 2. The van der Waals surface area contributed by atoms with E-state index in [1.165, 1.54) is 12.5 Å². The molecule has 8 nitrogen and oxygen atoms in total. The van der Waals surface area contributed by atoms with Gasteiger partial charge in [-0.25, -0.2) is 4.79 Å². The van der Waals surface area contributed by atoms with E-state index >= 15 is 0 Å². The maximum atomic E-state index is 12.8. The van der Waals surface area contributed by atoms with E-state index in [1.54, 1.807) is 0 Å². The van der Waals surface area contributed by atoms with E-state index in [0.717, 1.165) is 22.3 Å². The van der Waals surface area contributed by atoms with Crippen LogP contribution in [0.4, 0.5) is 4.79 Å². The molecule has 0 bridgehead atoms. The number of hydrogen-bond donors (Lipinski definition) is 2. The first-order valence-electron chi connectivity index (χ1n) is 12.9. The summed E-state index contributed by atoms with van der Waals surface area (Å²) in [6.45, 7) is 8.29. The van der Waals surface area contributed by atoms with E-state index < -0.39 is 18.0 Å². The second kappa shape index (κ2) is 15.2. The summed E-state index contributed by atoms with van der Waals surface area (Å²) < 4.78 is 15.7. The third-order valence-corrected chi connectivity index (χ3v) is 6.33. The summed E-state index contributed by atoms with van der Waals surface area (Å²) in [6, 6.07) is 15.1. The van der Waals surface area contributed by atoms with Crippen molar-refractivity contribution >= 4 is 17.8 Å². The Morgan fingerprint density at radius 2 is 1.47 bits per heavy atom. The number of Topliss-reactive ketones (excluding diaryl/α,β-unsaturated/α-hetero) is 1. The number of carbonyl (C=O) groups excluding carboxylic acids is 3. The number of fused-ring (bicyclic) bond motifs is 3. The molecule has 8 heteroatoms. The van der Waals surface area contributed by atoms with Gasteiger partial charge in [-0.15, -0.1) is 0 Å². The molecule has 0 heterocycles. The Bertz CT molecular complexity index is 1070. The van der Waals surface area contributed by atoms with E-state index in [1.807, 2.05) is 36.4 Å². The molecule has 1 atom stereocenters. The molecule has 0 radical (unpaired) electrons. The molecule has 2 N–H and O–H groups in total. The second-order valence-electron chi connectivity index (χ2n) is 8.94. The fourth-order valence-electron chi connectivity index (χ4n) is 4.49. The number of nitrogens with one attached hydrogen (secondary N) is 2. The molecule has 202 valence electrons. The zero-order chi connectivity index (χ0) is 27.2. The minimum Gasteiger partial charge on any atom is -0.502 e. The summed E-state index contributed by atoms with van der Waals surface area (Å²) in [5, 5.41) is 5.36. The van der Waals surface area contributed by atoms with Gasteiger partial charge in [-0.2, -0.15) is 0 Å². The van der Waals surface area contributed by atoms with Crippen molar-refractivity contribution in [3.8, 4) is 11.1 Å². The maximum absolute atomic E-state index is 12.8. The van der Waals surface area contributed by atoms with Gasteiger partial charge in [0.1, 0.15) is 18.4 Å². The van der Waals surface area contributed by atoms with Gasteiger partial charge in [0.15, 0.2) is 0 Å². The molecular formula is C30H36N2O6. The van der Waals surface area contributed by atoms with Gasteiger partial charge >= 0.3 is 6.09 Å². The molecule has 1 aliphatic carbocycles. The Hall–Kier alpha value is -4.07. The summed E-state index contributed by atoms with van der Waals surface area (Å²) in [5.41, 5.74) is 4.43. The molecule has 0 fully saturated rings. The van der Waals surface area contributed by atoms with Gasteiger partial charge in [0.25, 0.3) is 0 Å². The highest BCUT2D eigenvalue weighted by atomic mass is 16.5. The predicted octanol–water partition coefficient (Wildman–Crippen LogP) is 4.85. The molecule has 38 heavy (non-hydrogen) atoms. The third-order valence-electron chi connectivity index (χ3n) is 6.33. The van der Waals surface area contributed by atoms with Crippen molar-refractivity contribution in [1.29, 1.82) is 0 Å². The summed E-state index contributed by atoms with van der Waals surface area (Å²) >= 11 is 0. The summed E-state index contributed by atoms with van der Waals surface area (Å²) in [4.78, 5) is 38.2. The number of rotatable bonds is 17. The first-order chi connectivity index (χ1) is 18.5. The average Bonchev–Trinajstić information content (AvgIpc) is 3.25. The van der Waals surface area contributed by atoms with Crippen LogP contribution in [0.2, 0.25) is 0 Å². The van der Waals surface area contributed by atoms with Crippen LogP contribution in [-0.2, 0) is 23.8 Å². The van der Waals surface area contributed by atoms with Crippen LogP contribution in [0.5, 0.6) is 0 Å². The van der Waals surface area contributed by atoms with Crippen molar-refractivity contribution in [1.82, 2.24) is 10.6 Å². The maximum Gasteiger partial charge on any atom is 0.407 e. The molecule has 1 aliphatic rings. The van der Waals surface area contributed by atoms with Crippen LogP contribution in [0.1, 0.15) is 49.1 Å². The predicted molar refractivity (Wildman–Crippen MR) is 145 cm³/mol. The lowest BCUT2D eigenvalue weighted by molar-refractivity contribution is -0.127. The van der Waals surface area contributed by atoms with Gasteiger partial charge in [-0.3, -0.25) is 9.59 Å². The Labute approximate surface area is 224 Å². The van der Waals surface area contributed by atoms with Crippen molar-refractivity contribution in [2.75, 3.05) is 26.4 Å². The zero-order valence-corrected chi connectivity index (χ0v) is 21.7. The number of alkyl carbamates (subject to hydrolysis) is 1. The molecule has 2 amide bonds. The smallest absolute Gasteiger partial charge is 0.407 e. The number of benzene rings is 2. The first kappa shape index (κ1) is 28.5. The fourth-order valence-corrected chi connectivity index (χ4v) is 4.49. The van der Waals surface area contributed by atoms with Crippen LogP contribution >= 0.6 is 0 Å². The molecule has 0 spiro atoms. The average molecular weight is 521 g/mol. The quantitative estimate of drug-likeness (QED) is 0.228. The number of hydrogen-bond acceptors (Lipinski definition) is 6. The minimum absolute atomic E-state index is 0.107. The molecule has 1 unspecified atom stereocenters. The van der Waals surface area contributed by atoms with Gasteiger partial charge in [-0.1, -0.05) is 61.7 Å². The minimum atomic E-state index is -1.04. The van der Waals surface area contributed by atoms with E-state index in [4.69, 9.17) is 14.2 Å². The highest BCUT2D eigenvalue weighted by Crippen LogP contribution is 2.44. The molecule has 2 aromatic carbocycles. The molecule has 0 saturated heterocycles. The van der Waals surface area contributed by atoms with Crippen molar-refractivity contribution in [3.05, 3.63) is 85.3 Å². The molecule has 2 aromatic rings. The van der Waals surface area contributed by atoms with Crippen molar-refractivity contribution in [2.24, 2.45) is 0 Å². The van der Waals surface area contributed by atoms with Gasteiger partial charge in [-0.05, 0) is 41.5 Å². The SMILES string of the molecule is C=COCCCCC(=O)CC(NC(=O)OCC1c2ccccc2-c2ccccc21)C(=O)NCCCOC=C. The molecular weight excluding hydrogens is 484 g/mol. The van der Waals surface area contributed by atoms with Gasteiger partial charge in [0.2, 0.25) is 5.91 Å². The van der Waals surface area contributed by atoms with Crippen LogP contribution < -0.4 is 10.6 Å². The Balaban J connectivity index is 1.58. The van der Waals surface area contributed by atoms with Crippen molar-refractivity contribution in [3.63, 3.8) is 0 Å². The number of ether oxygens (including phenoxy) is 3. The topological polar surface area (TPSA) is 103 Å². The van der Waals surface area contributed by atoms with Gasteiger partial charge in [0, 0.05) is 25.3 Å². The van der Waals surface area contributed by atoms with Crippen LogP contribution in [-0.4, -0.2) is 50.2 Å². The Morgan fingerprint density at radius 3 is 2.11 bits per heavy atom. The highest BCUT2D eigenvalue weighted by molar-refractivity contribution is 5.91. The lowest BCUT2D eigenvalue weighted by Gasteiger charge is -2.19. The van der Waals surface area contributed by atoms with Crippen LogP contribution in [0.25, 0.3) is 11.1 Å². The van der Waals surface area contributed by atoms with Crippen LogP contribution in [0, 0.1) is 0 Å². The molecule has 0 saturated carbocycles. The fraction of sp³-hybridized carbons (Fsp3) is 0.367. The second-order valence-corrected chi connectivity index (χ2v) is 8.94. The van der Waals surface area contributed by atoms with E-state index in [0.29, 0.717) is 39.0 Å². The van der Waals surface area contributed by atoms with Crippen LogP contribution in [0.3, 0.4) is 0 Å². The summed E-state index contributed by atoms with van der Waals surface area (Å²) in [5.74, 6) is -0.678. The van der Waals surface area contributed by atoms with Gasteiger partial charge < -0.3 is 24.8 Å². The normalized spacial score (nSPS) is 12.4. The highest BCUT2D eigenvalue weighted by Gasteiger charge is 2.30. The Morgan fingerprint density at radius 1 is 0.868 bits per heavy atom. The molecule has 0 aliphatic heterocycles. The number of carbonyl (C=O) groups is 3. The standard InChI is InChI=1S/C30H36N2O6/c1-3-36-18-10-9-12-22(33)20-28(29(34)31-17-11-19-37-4-2)32-30(35)38-21-27-25-15-7-5-13-23(25)24-14-6-8-16-26(24)27/h3-8,13-16,27-28H,1-2,9-12,17-21H2,(H,31,34)(H,32,35). The largest absolute Gasteiger partial charge is 0.502 e. The van der Waals surface area contributed by atoms with E-state index in [2.05, 4.69) is 35.9 Å². The molecule has 0 aromatic heterocycles. The van der Waals surface area contributed by atoms with Crippen molar-refractivity contribution < 1.29 is 28.6 Å². The summed E-state index contributed by atoms with van der Waals surface area (Å²) in [6.07, 6.45) is 3.98. The van der Waals surface area contributed by atoms with Crippen molar-refractivity contribution in [2.45, 2.75) is 44.1 Å². The third kappa shape index (κ3) is 8.23.